The van der Waals surface area contributed by atoms with E-state index < -0.39 is 11.6 Å². The number of benzene rings is 2. The molecule has 4 nitrogen and oxygen atoms in total. The van der Waals surface area contributed by atoms with Crippen molar-refractivity contribution >= 4 is 21.6 Å². The van der Waals surface area contributed by atoms with Crippen molar-refractivity contribution in [2.45, 2.75) is 20.1 Å². The number of hydrogen-bond acceptors (Lipinski definition) is 3. The van der Waals surface area contributed by atoms with Crippen LogP contribution < -0.4 is 16.0 Å². The summed E-state index contributed by atoms with van der Waals surface area (Å²) >= 11 is 3.26. The summed E-state index contributed by atoms with van der Waals surface area (Å²) in [6.07, 6.45) is 0. The number of rotatable bonds is 5. The smallest absolute Gasteiger partial charge is 0.269 e. The number of anilines is 1. The van der Waals surface area contributed by atoms with E-state index in [-0.39, 0.29) is 22.2 Å². The maximum absolute atomic E-state index is 13.7. The Hall–Kier alpha value is -2.67. The minimum absolute atomic E-state index is 0.119. The molecule has 0 saturated carbocycles. The average molecular weight is 435 g/mol. The number of nitrogens with two attached hydrogens (primary N) is 1. The summed E-state index contributed by atoms with van der Waals surface area (Å²) in [7, 11) is 0. The van der Waals surface area contributed by atoms with Crippen LogP contribution in [0.4, 0.5) is 14.5 Å². The standard InChI is InChI=1S/C20H17BrF2N2O2/c1-12-8-18(27-11-14-4-5-15(22)9-17(14)23)19(21)20(26)25(12)10-13-2-6-16(24)7-3-13/h2-9H,10-11,24H2,1H3. The molecule has 3 aromatic rings. The third-order valence-electron chi connectivity index (χ3n) is 4.13. The van der Waals surface area contributed by atoms with Gasteiger partial charge >= 0.3 is 0 Å². The van der Waals surface area contributed by atoms with Crippen molar-refractivity contribution in [2.24, 2.45) is 0 Å². The third-order valence-corrected chi connectivity index (χ3v) is 4.86. The molecular weight excluding hydrogens is 418 g/mol. The molecule has 0 unspecified atom stereocenters. The van der Waals surface area contributed by atoms with Gasteiger partial charge in [-0.05, 0) is 52.7 Å². The van der Waals surface area contributed by atoms with Crippen molar-refractivity contribution in [3.05, 3.63) is 91.8 Å². The Morgan fingerprint density at radius 3 is 2.48 bits per heavy atom. The van der Waals surface area contributed by atoms with Gasteiger partial charge in [0.1, 0.15) is 28.5 Å². The molecule has 1 heterocycles. The first-order valence-corrected chi connectivity index (χ1v) is 8.95. The Bertz CT molecular complexity index is 1030. The molecule has 0 radical (unpaired) electrons. The van der Waals surface area contributed by atoms with Crippen molar-refractivity contribution < 1.29 is 13.5 Å². The van der Waals surface area contributed by atoms with Gasteiger partial charge in [-0.25, -0.2) is 8.78 Å². The molecule has 1 aromatic heterocycles. The molecule has 0 fully saturated rings. The molecule has 140 valence electrons. The number of nitrogens with zero attached hydrogens (tertiary/aromatic N) is 1. The van der Waals surface area contributed by atoms with Gasteiger partial charge in [0.25, 0.3) is 5.56 Å². The second-order valence-corrected chi connectivity index (χ2v) is 6.91. The maximum Gasteiger partial charge on any atom is 0.269 e. The van der Waals surface area contributed by atoms with Crippen molar-refractivity contribution in [3.8, 4) is 5.75 Å². The Balaban J connectivity index is 1.83. The SMILES string of the molecule is Cc1cc(OCc2ccc(F)cc2F)c(Br)c(=O)n1Cc1ccc(N)cc1. The molecule has 2 aromatic carbocycles. The van der Waals surface area contributed by atoms with E-state index in [1.54, 1.807) is 29.7 Å². The zero-order chi connectivity index (χ0) is 19.6. The second kappa shape index (κ2) is 7.92. The molecular formula is C20H17BrF2N2O2. The molecule has 0 atom stereocenters. The van der Waals surface area contributed by atoms with Crippen LogP contribution in [0.1, 0.15) is 16.8 Å². The van der Waals surface area contributed by atoms with Gasteiger partial charge in [-0.3, -0.25) is 4.79 Å². The number of pyridine rings is 1. The molecule has 0 spiro atoms. The van der Waals surface area contributed by atoms with E-state index in [1.807, 2.05) is 12.1 Å². The fourth-order valence-electron chi connectivity index (χ4n) is 2.62. The van der Waals surface area contributed by atoms with Gasteiger partial charge in [0.15, 0.2) is 0 Å². The Morgan fingerprint density at radius 2 is 1.81 bits per heavy atom. The normalized spacial score (nSPS) is 10.8. The minimum Gasteiger partial charge on any atom is -0.487 e. The lowest BCUT2D eigenvalue weighted by atomic mass is 10.2. The number of aromatic nitrogens is 1. The molecule has 7 heteroatoms. The molecule has 3 rings (SSSR count). The van der Waals surface area contributed by atoms with Crippen LogP contribution in [-0.2, 0) is 13.2 Å². The third kappa shape index (κ3) is 4.36. The predicted molar refractivity (Wildman–Crippen MR) is 104 cm³/mol. The van der Waals surface area contributed by atoms with Gasteiger partial charge < -0.3 is 15.0 Å². The van der Waals surface area contributed by atoms with E-state index in [9.17, 15) is 13.6 Å². The molecule has 0 aliphatic heterocycles. The highest BCUT2D eigenvalue weighted by Gasteiger charge is 2.13. The largest absolute Gasteiger partial charge is 0.487 e. The van der Waals surface area contributed by atoms with E-state index in [1.165, 1.54) is 6.07 Å². The predicted octanol–water partition coefficient (Wildman–Crippen LogP) is 4.41. The van der Waals surface area contributed by atoms with Crippen LogP contribution in [0.15, 0.2) is 57.8 Å². The Morgan fingerprint density at radius 1 is 1.11 bits per heavy atom. The lowest BCUT2D eigenvalue weighted by Crippen LogP contribution is -2.24. The van der Waals surface area contributed by atoms with Crippen LogP contribution in [0.2, 0.25) is 0 Å². The molecule has 0 amide bonds. The van der Waals surface area contributed by atoms with Crippen molar-refractivity contribution in [3.63, 3.8) is 0 Å². The summed E-state index contributed by atoms with van der Waals surface area (Å²) in [6.45, 7) is 2.05. The Labute approximate surface area is 163 Å². The quantitative estimate of drug-likeness (QED) is 0.605. The molecule has 0 saturated heterocycles. The monoisotopic (exact) mass is 434 g/mol. The van der Waals surface area contributed by atoms with E-state index in [2.05, 4.69) is 15.9 Å². The number of hydrogen-bond donors (Lipinski definition) is 1. The van der Waals surface area contributed by atoms with Crippen LogP contribution in [0.25, 0.3) is 0 Å². The second-order valence-electron chi connectivity index (χ2n) is 6.12. The zero-order valence-electron chi connectivity index (χ0n) is 14.5. The number of nitrogen functional groups attached to an aromatic ring is 1. The van der Waals surface area contributed by atoms with Crippen LogP contribution in [0.5, 0.6) is 5.75 Å². The summed E-state index contributed by atoms with van der Waals surface area (Å²) < 4.78 is 34.2. The summed E-state index contributed by atoms with van der Waals surface area (Å²) in [5, 5.41) is 0. The molecule has 0 aliphatic rings. The fraction of sp³-hybridized carbons (Fsp3) is 0.150. The first-order chi connectivity index (χ1) is 12.8. The topological polar surface area (TPSA) is 57.2 Å². The molecule has 27 heavy (non-hydrogen) atoms. The van der Waals surface area contributed by atoms with Crippen molar-refractivity contribution in [1.82, 2.24) is 4.57 Å². The highest BCUT2D eigenvalue weighted by Crippen LogP contribution is 2.24. The average Bonchev–Trinajstić information content (AvgIpc) is 2.63. The van der Waals surface area contributed by atoms with Crippen molar-refractivity contribution in [1.29, 1.82) is 0 Å². The van der Waals surface area contributed by atoms with E-state index in [0.29, 0.717) is 23.7 Å². The molecule has 2 N–H and O–H groups in total. The lowest BCUT2D eigenvalue weighted by Gasteiger charge is -2.15. The van der Waals surface area contributed by atoms with Gasteiger partial charge in [0.05, 0.1) is 6.54 Å². The van der Waals surface area contributed by atoms with E-state index in [0.717, 1.165) is 17.7 Å². The summed E-state index contributed by atoms with van der Waals surface area (Å²) in [5.74, 6) is -1.05. The highest BCUT2D eigenvalue weighted by molar-refractivity contribution is 9.10. The maximum atomic E-state index is 13.7. The lowest BCUT2D eigenvalue weighted by molar-refractivity contribution is 0.296. The summed E-state index contributed by atoms with van der Waals surface area (Å²) in [5.41, 5.74) is 7.90. The van der Waals surface area contributed by atoms with Crippen LogP contribution >= 0.6 is 15.9 Å². The first-order valence-electron chi connectivity index (χ1n) is 8.16. The summed E-state index contributed by atoms with van der Waals surface area (Å²) in [4.78, 5) is 12.7. The van der Waals surface area contributed by atoms with E-state index in [4.69, 9.17) is 10.5 Å². The number of halogens is 3. The van der Waals surface area contributed by atoms with Crippen LogP contribution in [-0.4, -0.2) is 4.57 Å². The highest BCUT2D eigenvalue weighted by atomic mass is 79.9. The fourth-order valence-corrected chi connectivity index (χ4v) is 3.06. The Kier molecular flexibility index (Phi) is 5.60. The van der Waals surface area contributed by atoms with Crippen molar-refractivity contribution in [2.75, 3.05) is 5.73 Å². The van der Waals surface area contributed by atoms with Gasteiger partial charge in [0, 0.05) is 29.1 Å². The van der Waals surface area contributed by atoms with Crippen LogP contribution in [0.3, 0.4) is 0 Å². The summed E-state index contributed by atoms with van der Waals surface area (Å²) in [6, 6.07) is 12.2. The minimum atomic E-state index is -0.695. The molecule has 0 aliphatic carbocycles. The van der Waals surface area contributed by atoms with Gasteiger partial charge in [-0.2, -0.15) is 0 Å². The first kappa shape index (κ1) is 19.1. The number of ether oxygens (including phenoxy) is 1. The van der Waals surface area contributed by atoms with Gasteiger partial charge in [-0.15, -0.1) is 0 Å². The van der Waals surface area contributed by atoms with E-state index >= 15 is 0 Å². The van der Waals surface area contributed by atoms with Gasteiger partial charge in [-0.1, -0.05) is 12.1 Å². The number of aryl methyl sites for hydroxylation is 1. The molecule has 0 bridgehead atoms. The van der Waals surface area contributed by atoms with Gasteiger partial charge in [0.2, 0.25) is 0 Å². The van der Waals surface area contributed by atoms with Crippen LogP contribution in [0, 0.1) is 18.6 Å². The zero-order valence-corrected chi connectivity index (χ0v) is 16.1.